The van der Waals surface area contributed by atoms with Crippen LogP contribution in [-0.4, -0.2) is 76.5 Å². The molecule has 10 heteroatoms. The second kappa shape index (κ2) is 17.7. The second-order valence-corrected chi connectivity index (χ2v) is 12.6. The monoisotopic (exact) mass is 564 g/mol. The Kier molecular flexibility index (Phi) is 15.1. The van der Waals surface area contributed by atoms with Crippen molar-refractivity contribution in [1.82, 2.24) is 0 Å². The van der Waals surface area contributed by atoms with Crippen LogP contribution >= 0.6 is 7.82 Å². The minimum absolute atomic E-state index is 0.0458. The molecule has 2 aliphatic heterocycles. The van der Waals surface area contributed by atoms with Gasteiger partial charge in [0.15, 0.2) is 6.29 Å². The van der Waals surface area contributed by atoms with Crippen LogP contribution in [0, 0.1) is 5.92 Å². The van der Waals surface area contributed by atoms with E-state index >= 15 is 0 Å². The zero-order valence-corrected chi connectivity index (χ0v) is 25.1. The first-order valence-corrected chi connectivity index (χ1v) is 16.6. The Morgan fingerprint density at radius 3 is 2.03 bits per heavy atom. The van der Waals surface area contributed by atoms with Crippen molar-refractivity contribution < 1.29 is 41.8 Å². The fourth-order valence-electron chi connectivity index (χ4n) is 4.92. The van der Waals surface area contributed by atoms with Gasteiger partial charge in [0.05, 0.1) is 25.9 Å². The van der Waals surface area contributed by atoms with E-state index in [9.17, 15) is 4.57 Å². The molecule has 3 aliphatic rings. The molecule has 3 fully saturated rings. The number of unbranched alkanes of at least 4 members (excludes halogenated alkanes) is 3. The van der Waals surface area contributed by atoms with Crippen LogP contribution in [-0.2, 0) is 41.8 Å². The van der Waals surface area contributed by atoms with E-state index in [4.69, 9.17) is 37.3 Å². The van der Waals surface area contributed by atoms with Crippen LogP contribution in [0.4, 0.5) is 0 Å². The molecule has 0 aromatic carbocycles. The van der Waals surface area contributed by atoms with Gasteiger partial charge in [-0.1, -0.05) is 66.2 Å². The van der Waals surface area contributed by atoms with E-state index in [1.54, 1.807) is 0 Å². The minimum atomic E-state index is -3.82. The zero-order valence-electron chi connectivity index (χ0n) is 24.2. The van der Waals surface area contributed by atoms with Crippen molar-refractivity contribution in [2.75, 3.05) is 39.6 Å². The summed E-state index contributed by atoms with van der Waals surface area (Å²) in [4.78, 5) is 0. The molecule has 0 N–H and O–H groups in total. The highest BCUT2D eigenvalue weighted by Crippen LogP contribution is 2.55. The Hall–Kier alpha value is -0.0900. The first-order valence-electron chi connectivity index (χ1n) is 15.2. The van der Waals surface area contributed by atoms with Gasteiger partial charge >= 0.3 is 7.82 Å². The van der Waals surface area contributed by atoms with E-state index in [0.717, 1.165) is 64.2 Å². The van der Waals surface area contributed by atoms with Gasteiger partial charge in [-0.25, -0.2) is 4.57 Å². The van der Waals surface area contributed by atoms with Gasteiger partial charge in [0.25, 0.3) is 0 Å². The SMILES string of the molecule is CCCCOCC1OC(OC2CCCCC2)C(OP2(=O)OCC(C)CO2)C(OCCCC)C1OCCCC. The molecule has 0 bridgehead atoms. The smallest absolute Gasteiger partial charge is 0.379 e. The molecule has 224 valence electrons. The summed E-state index contributed by atoms with van der Waals surface area (Å²) in [6.07, 6.45) is 8.19. The van der Waals surface area contributed by atoms with Gasteiger partial charge in [0.2, 0.25) is 0 Å². The van der Waals surface area contributed by atoms with Gasteiger partial charge in [0.1, 0.15) is 24.4 Å². The lowest BCUT2D eigenvalue weighted by Gasteiger charge is -2.47. The van der Waals surface area contributed by atoms with Crippen molar-refractivity contribution in [3.8, 4) is 0 Å². The molecule has 1 aliphatic carbocycles. The van der Waals surface area contributed by atoms with Crippen molar-refractivity contribution in [3.63, 3.8) is 0 Å². The van der Waals surface area contributed by atoms with E-state index < -0.39 is 38.5 Å². The normalized spacial score (nSPS) is 34.9. The van der Waals surface area contributed by atoms with Crippen molar-refractivity contribution >= 4 is 7.82 Å². The lowest BCUT2D eigenvalue weighted by atomic mass is 9.96. The third kappa shape index (κ3) is 10.4. The maximum Gasteiger partial charge on any atom is 0.475 e. The van der Waals surface area contributed by atoms with Crippen LogP contribution in [0.3, 0.4) is 0 Å². The molecule has 2 heterocycles. The molecule has 0 amide bonds. The zero-order chi connectivity index (χ0) is 27.2. The molecule has 1 saturated carbocycles. The molecule has 0 aromatic heterocycles. The lowest BCUT2D eigenvalue weighted by molar-refractivity contribution is -0.323. The van der Waals surface area contributed by atoms with Gasteiger partial charge in [-0.05, 0) is 32.1 Å². The molecule has 2 saturated heterocycles. The predicted octanol–water partition coefficient (Wildman–Crippen LogP) is 6.42. The highest BCUT2D eigenvalue weighted by molar-refractivity contribution is 7.48. The number of ether oxygens (including phenoxy) is 5. The Labute approximate surface area is 230 Å². The molecule has 5 atom stereocenters. The molecule has 0 spiro atoms. The number of phosphoric acid groups is 1. The lowest BCUT2D eigenvalue weighted by Crippen LogP contribution is -2.62. The summed E-state index contributed by atoms with van der Waals surface area (Å²) in [6.45, 7) is 11.1. The minimum Gasteiger partial charge on any atom is -0.379 e. The van der Waals surface area contributed by atoms with Gasteiger partial charge in [-0.15, -0.1) is 0 Å². The van der Waals surface area contributed by atoms with E-state index in [0.29, 0.717) is 39.6 Å². The molecule has 38 heavy (non-hydrogen) atoms. The maximum absolute atomic E-state index is 13.6. The fraction of sp³-hybridized carbons (Fsp3) is 1.00. The van der Waals surface area contributed by atoms with Crippen molar-refractivity contribution in [1.29, 1.82) is 0 Å². The van der Waals surface area contributed by atoms with Crippen molar-refractivity contribution in [2.45, 2.75) is 135 Å². The number of phosphoric ester groups is 1. The molecule has 5 unspecified atom stereocenters. The Bertz CT molecular complexity index is 663. The van der Waals surface area contributed by atoms with Crippen LogP contribution in [0.2, 0.25) is 0 Å². The van der Waals surface area contributed by atoms with E-state index in [-0.39, 0.29) is 12.0 Å². The fourth-order valence-corrected chi connectivity index (χ4v) is 6.51. The van der Waals surface area contributed by atoms with E-state index in [1.165, 1.54) is 6.42 Å². The van der Waals surface area contributed by atoms with Crippen LogP contribution in [0.1, 0.15) is 98.3 Å². The summed E-state index contributed by atoms with van der Waals surface area (Å²) in [7, 11) is -3.82. The summed E-state index contributed by atoms with van der Waals surface area (Å²) in [5, 5.41) is 0. The summed E-state index contributed by atoms with van der Waals surface area (Å²) < 4.78 is 63.0. The van der Waals surface area contributed by atoms with E-state index in [2.05, 4.69) is 20.8 Å². The third-order valence-electron chi connectivity index (χ3n) is 7.30. The van der Waals surface area contributed by atoms with E-state index in [1.807, 2.05) is 6.92 Å². The number of hydrogen-bond donors (Lipinski definition) is 0. The Morgan fingerprint density at radius 2 is 1.39 bits per heavy atom. The van der Waals surface area contributed by atoms with Crippen LogP contribution in [0.15, 0.2) is 0 Å². The average molecular weight is 565 g/mol. The average Bonchev–Trinajstić information content (AvgIpc) is 2.92. The van der Waals surface area contributed by atoms with Crippen molar-refractivity contribution in [3.05, 3.63) is 0 Å². The van der Waals surface area contributed by atoms with Gasteiger partial charge in [-0.3, -0.25) is 13.6 Å². The first kappa shape index (κ1) is 32.4. The van der Waals surface area contributed by atoms with Gasteiger partial charge in [0, 0.05) is 25.7 Å². The summed E-state index contributed by atoms with van der Waals surface area (Å²) >= 11 is 0. The van der Waals surface area contributed by atoms with Gasteiger partial charge < -0.3 is 23.7 Å². The predicted molar refractivity (Wildman–Crippen MR) is 145 cm³/mol. The summed E-state index contributed by atoms with van der Waals surface area (Å²) in [5.41, 5.74) is 0. The quantitative estimate of drug-likeness (QED) is 0.146. The summed E-state index contributed by atoms with van der Waals surface area (Å²) in [6, 6.07) is 0. The second-order valence-electron chi connectivity index (χ2n) is 11.0. The number of rotatable bonds is 17. The Morgan fingerprint density at radius 1 is 0.789 bits per heavy atom. The van der Waals surface area contributed by atoms with Gasteiger partial charge in [-0.2, -0.15) is 0 Å². The molecule has 3 rings (SSSR count). The summed E-state index contributed by atoms with van der Waals surface area (Å²) in [5.74, 6) is 0.143. The maximum atomic E-state index is 13.6. The highest BCUT2D eigenvalue weighted by Gasteiger charge is 2.53. The number of hydrogen-bond acceptors (Lipinski definition) is 9. The third-order valence-corrected chi connectivity index (χ3v) is 8.73. The first-order chi connectivity index (χ1) is 18.5. The molecule has 0 radical (unpaired) electrons. The molecule has 9 nitrogen and oxygen atoms in total. The molecule has 0 aromatic rings. The topological polar surface area (TPSA) is 90.9 Å². The molecular formula is C28H53O9P. The molecular weight excluding hydrogens is 511 g/mol. The van der Waals surface area contributed by atoms with Crippen LogP contribution in [0.25, 0.3) is 0 Å². The largest absolute Gasteiger partial charge is 0.475 e. The van der Waals surface area contributed by atoms with Crippen molar-refractivity contribution in [2.24, 2.45) is 5.92 Å². The van der Waals surface area contributed by atoms with Crippen LogP contribution in [0.5, 0.6) is 0 Å². The highest BCUT2D eigenvalue weighted by atomic mass is 31.2. The van der Waals surface area contributed by atoms with Crippen LogP contribution < -0.4 is 0 Å². The Balaban J connectivity index is 1.87. The standard InChI is InChI=1S/C28H53O9P/c1-5-8-16-30-21-24-25(31-17-9-6-2)26(32-18-10-7-3)27(37-38(29)33-19-22(4)20-34-38)28(36-24)35-23-14-12-11-13-15-23/h22-28H,5-21H2,1-4H3.